The molecule has 0 unspecified atom stereocenters. The van der Waals surface area contributed by atoms with Crippen molar-refractivity contribution in [3.8, 4) is 0 Å². The van der Waals surface area contributed by atoms with E-state index in [-0.39, 0.29) is 28.0 Å². The third kappa shape index (κ3) is 9.81. The number of aliphatic hydroxyl groups excluding tert-OH is 1. The summed E-state index contributed by atoms with van der Waals surface area (Å²) in [6, 6.07) is 0. The lowest BCUT2D eigenvalue weighted by atomic mass is 10.0. The molecule has 4 heteroatoms. The highest BCUT2D eigenvalue weighted by molar-refractivity contribution is 8.14. The summed E-state index contributed by atoms with van der Waals surface area (Å²) in [5.41, 5.74) is 0.0232. The van der Waals surface area contributed by atoms with E-state index in [0.717, 1.165) is 43.9 Å². The molecule has 0 aliphatic carbocycles. The summed E-state index contributed by atoms with van der Waals surface area (Å²) in [4.78, 5) is 23.4. The molecule has 0 spiro atoms. The zero-order chi connectivity index (χ0) is 19.0. The molecular formula is C22H32O3S. The first-order chi connectivity index (χ1) is 12.7. The Morgan fingerprint density at radius 2 is 1.54 bits per heavy atom. The number of unbranched alkanes of at least 4 members (excludes halogenated alkanes) is 5. The normalized spacial score (nSPS) is 15.3. The lowest BCUT2D eigenvalue weighted by Crippen LogP contribution is -2.08. The number of hydrogen-bond donors (Lipinski definition) is 1. The van der Waals surface area contributed by atoms with Gasteiger partial charge in [-0.2, -0.15) is 0 Å². The number of carbonyl (C=O) groups excluding carboxylic acids is 2. The second-order valence-electron chi connectivity index (χ2n) is 6.45. The van der Waals surface area contributed by atoms with Gasteiger partial charge < -0.3 is 5.11 Å². The molecule has 1 aliphatic rings. The van der Waals surface area contributed by atoms with Crippen LogP contribution in [0.1, 0.15) is 71.1 Å². The zero-order valence-corrected chi connectivity index (χ0v) is 16.7. The Morgan fingerprint density at radius 3 is 2.08 bits per heavy atom. The molecule has 0 amide bonds. The molecule has 1 N–H and O–H groups in total. The van der Waals surface area contributed by atoms with Gasteiger partial charge in [-0.05, 0) is 44.9 Å². The summed E-state index contributed by atoms with van der Waals surface area (Å²) in [5.74, 6) is -0.0233. The Hall–Kier alpha value is -1.55. The maximum atomic E-state index is 11.9. The Morgan fingerprint density at radius 1 is 0.962 bits per heavy atom. The molecule has 0 saturated heterocycles. The van der Waals surface area contributed by atoms with Crippen molar-refractivity contribution in [2.45, 2.75) is 71.1 Å². The van der Waals surface area contributed by atoms with Crippen LogP contribution in [0.2, 0.25) is 0 Å². The first-order valence-electron chi connectivity index (χ1n) is 9.74. The first kappa shape index (κ1) is 22.5. The van der Waals surface area contributed by atoms with Crippen LogP contribution >= 0.6 is 11.8 Å². The van der Waals surface area contributed by atoms with Crippen molar-refractivity contribution in [2.75, 3.05) is 5.75 Å². The third-order valence-corrected chi connectivity index (χ3v) is 5.04. The van der Waals surface area contributed by atoms with Gasteiger partial charge in [-0.1, -0.05) is 68.0 Å². The molecule has 3 nitrogen and oxygen atoms in total. The Balaban J connectivity index is 2.01. The predicted molar refractivity (Wildman–Crippen MR) is 111 cm³/mol. The van der Waals surface area contributed by atoms with Gasteiger partial charge in [0.15, 0.2) is 5.78 Å². The van der Waals surface area contributed by atoms with E-state index in [1.807, 2.05) is 0 Å². The number of thioether (sulfide) groups is 1. The standard InChI is InChI=1S/C22H32O3S/c1-2-3-4-5-6-7-8-9-10-11-12-13-14-15-16-17-19(23)21-20(24)18-26-22(21)25/h6-7,9-10,12-13,24H,2-5,8,11,14-18H2,1H3. The van der Waals surface area contributed by atoms with Crippen LogP contribution in [-0.2, 0) is 9.59 Å². The predicted octanol–water partition coefficient (Wildman–Crippen LogP) is 6.23. The van der Waals surface area contributed by atoms with Gasteiger partial charge in [0.2, 0.25) is 5.12 Å². The molecule has 0 bridgehead atoms. The van der Waals surface area contributed by atoms with Gasteiger partial charge in [0.25, 0.3) is 0 Å². The number of aliphatic hydroxyl groups is 1. The molecule has 26 heavy (non-hydrogen) atoms. The fourth-order valence-corrected chi connectivity index (χ4v) is 3.42. The highest BCUT2D eigenvalue weighted by atomic mass is 32.2. The van der Waals surface area contributed by atoms with E-state index in [2.05, 4.69) is 43.4 Å². The third-order valence-electron chi connectivity index (χ3n) is 4.15. The number of hydrogen-bond acceptors (Lipinski definition) is 4. The summed E-state index contributed by atoms with van der Waals surface area (Å²) in [6.45, 7) is 2.22. The van der Waals surface area contributed by atoms with Crippen LogP contribution in [0.25, 0.3) is 0 Å². The molecule has 0 aromatic rings. The van der Waals surface area contributed by atoms with E-state index in [1.165, 1.54) is 25.7 Å². The van der Waals surface area contributed by atoms with Gasteiger partial charge in [-0.25, -0.2) is 0 Å². The average Bonchev–Trinajstić information content (AvgIpc) is 2.96. The zero-order valence-electron chi connectivity index (χ0n) is 15.9. The first-order valence-corrected chi connectivity index (χ1v) is 10.7. The van der Waals surface area contributed by atoms with Crippen molar-refractivity contribution < 1.29 is 14.7 Å². The van der Waals surface area contributed by atoms with Crippen molar-refractivity contribution >= 4 is 22.7 Å². The molecule has 1 rings (SSSR count). The molecule has 1 aliphatic heterocycles. The van der Waals surface area contributed by atoms with Gasteiger partial charge in [-0.15, -0.1) is 0 Å². The van der Waals surface area contributed by atoms with Crippen LogP contribution in [0.3, 0.4) is 0 Å². The number of ketones is 1. The van der Waals surface area contributed by atoms with E-state index in [4.69, 9.17) is 0 Å². The van der Waals surface area contributed by atoms with Crippen LogP contribution in [0.15, 0.2) is 47.8 Å². The Labute approximate surface area is 162 Å². The highest BCUT2D eigenvalue weighted by Crippen LogP contribution is 2.26. The quantitative estimate of drug-likeness (QED) is 0.222. The van der Waals surface area contributed by atoms with Crippen LogP contribution in [0, 0.1) is 0 Å². The van der Waals surface area contributed by atoms with Gasteiger partial charge in [0.05, 0.1) is 5.75 Å². The minimum Gasteiger partial charge on any atom is -0.510 e. The number of allylic oxidation sites excluding steroid dienone is 6. The minimum atomic E-state index is -0.282. The van der Waals surface area contributed by atoms with Crippen molar-refractivity contribution in [3.63, 3.8) is 0 Å². The lowest BCUT2D eigenvalue weighted by molar-refractivity contribution is -0.118. The summed E-state index contributed by atoms with van der Waals surface area (Å²) in [5, 5.41) is 9.27. The average molecular weight is 377 g/mol. The van der Waals surface area contributed by atoms with Crippen molar-refractivity contribution in [3.05, 3.63) is 47.8 Å². The van der Waals surface area contributed by atoms with Gasteiger partial charge >= 0.3 is 0 Å². The van der Waals surface area contributed by atoms with Crippen LogP contribution in [-0.4, -0.2) is 21.8 Å². The summed E-state index contributed by atoms with van der Waals surface area (Å²) < 4.78 is 0. The molecule has 0 radical (unpaired) electrons. The topological polar surface area (TPSA) is 54.4 Å². The van der Waals surface area contributed by atoms with E-state index in [0.29, 0.717) is 6.42 Å². The summed E-state index contributed by atoms with van der Waals surface area (Å²) in [7, 11) is 0. The summed E-state index contributed by atoms with van der Waals surface area (Å²) >= 11 is 1.000. The van der Waals surface area contributed by atoms with Gasteiger partial charge in [0.1, 0.15) is 11.3 Å². The lowest BCUT2D eigenvalue weighted by Gasteiger charge is -2.00. The van der Waals surface area contributed by atoms with E-state index in [1.54, 1.807) is 0 Å². The molecule has 0 fully saturated rings. The second kappa shape index (κ2) is 14.6. The number of rotatable bonds is 14. The largest absolute Gasteiger partial charge is 0.510 e. The minimum absolute atomic E-state index is 0.0232. The van der Waals surface area contributed by atoms with Crippen LogP contribution in [0.5, 0.6) is 0 Å². The Bertz CT molecular complexity index is 556. The van der Waals surface area contributed by atoms with E-state index >= 15 is 0 Å². The monoisotopic (exact) mass is 376 g/mol. The van der Waals surface area contributed by atoms with Crippen LogP contribution in [0.4, 0.5) is 0 Å². The molecule has 0 aromatic carbocycles. The fraction of sp³-hybridized carbons (Fsp3) is 0.545. The van der Waals surface area contributed by atoms with Crippen molar-refractivity contribution in [1.29, 1.82) is 0 Å². The van der Waals surface area contributed by atoms with E-state index in [9.17, 15) is 14.7 Å². The SMILES string of the molecule is CCCCCC=CCC=CCC=CCCCCC(=O)C1=C(O)CSC1=O. The fourth-order valence-electron chi connectivity index (χ4n) is 2.63. The smallest absolute Gasteiger partial charge is 0.226 e. The molecule has 0 saturated carbocycles. The summed E-state index contributed by atoms with van der Waals surface area (Å²) in [6.07, 6.45) is 23.1. The molecule has 1 heterocycles. The maximum Gasteiger partial charge on any atom is 0.226 e. The van der Waals surface area contributed by atoms with Crippen molar-refractivity contribution in [1.82, 2.24) is 0 Å². The van der Waals surface area contributed by atoms with E-state index < -0.39 is 0 Å². The maximum absolute atomic E-state index is 11.9. The second-order valence-corrected chi connectivity index (χ2v) is 7.40. The molecule has 0 atom stereocenters. The Kier molecular flexibility index (Phi) is 12.6. The van der Waals surface area contributed by atoms with Crippen molar-refractivity contribution in [2.24, 2.45) is 0 Å². The number of carbonyl (C=O) groups is 2. The highest BCUT2D eigenvalue weighted by Gasteiger charge is 2.28. The molecule has 144 valence electrons. The molecule has 0 aromatic heterocycles. The molecular weight excluding hydrogens is 344 g/mol. The number of Topliss-reactive ketones (excluding diaryl/α,β-unsaturated/α-hetero) is 1. The van der Waals surface area contributed by atoms with Gasteiger partial charge in [0, 0.05) is 6.42 Å². The van der Waals surface area contributed by atoms with Crippen LogP contribution < -0.4 is 0 Å². The van der Waals surface area contributed by atoms with Gasteiger partial charge in [-0.3, -0.25) is 9.59 Å².